The summed E-state index contributed by atoms with van der Waals surface area (Å²) < 4.78 is 11.6. The number of benzene rings is 2. The van der Waals surface area contributed by atoms with Gasteiger partial charge in [0.25, 0.3) is 5.91 Å². The molecule has 0 aromatic heterocycles. The number of carbonyl (C=O) groups excluding carboxylic acids is 2. The number of ether oxygens (including phenoxy) is 2. The standard InChI is InChI=1S/C21H24BrNO4/c1-3-5-11-26-21(25)16-7-6-8-17(13-16)23-20(24)14-27-19-10-9-15(4-2)12-18(19)22/h6-10,12-13H,3-5,11,14H2,1-2H3,(H,23,24). The fourth-order valence-corrected chi connectivity index (χ4v) is 2.88. The maximum absolute atomic E-state index is 12.1. The number of halogens is 1. The van der Waals surface area contributed by atoms with Crippen molar-refractivity contribution in [2.75, 3.05) is 18.5 Å². The van der Waals surface area contributed by atoms with E-state index < -0.39 is 5.97 Å². The summed E-state index contributed by atoms with van der Waals surface area (Å²) in [6.07, 6.45) is 2.71. The number of hydrogen-bond acceptors (Lipinski definition) is 4. The zero-order chi connectivity index (χ0) is 19.6. The van der Waals surface area contributed by atoms with E-state index in [0.29, 0.717) is 23.6 Å². The fourth-order valence-electron chi connectivity index (χ4n) is 2.34. The summed E-state index contributed by atoms with van der Waals surface area (Å²) in [6.45, 7) is 4.37. The summed E-state index contributed by atoms with van der Waals surface area (Å²) in [7, 11) is 0. The normalized spacial score (nSPS) is 10.3. The Balaban J connectivity index is 1.90. The summed E-state index contributed by atoms with van der Waals surface area (Å²) >= 11 is 3.45. The Labute approximate surface area is 168 Å². The smallest absolute Gasteiger partial charge is 0.338 e. The van der Waals surface area contributed by atoms with Crippen molar-refractivity contribution < 1.29 is 19.1 Å². The summed E-state index contributed by atoms with van der Waals surface area (Å²) in [4.78, 5) is 24.1. The second-order valence-corrected chi connectivity index (χ2v) is 6.88. The van der Waals surface area contributed by atoms with E-state index in [2.05, 4.69) is 28.2 Å². The van der Waals surface area contributed by atoms with E-state index in [1.54, 1.807) is 24.3 Å². The number of nitrogens with one attached hydrogen (secondary N) is 1. The first-order valence-electron chi connectivity index (χ1n) is 9.01. The van der Waals surface area contributed by atoms with Crippen LogP contribution in [0.2, 0.25) is 0 Å². The molecule has 0 unspecified atom stereocenters. The summed E-state index contributed by atoms with van der Waals surface area (Å²) in [5.74, 6) is -0.0932. The van der Waals surface area contributed by atoms with Gasteiger partial charge in [0.05, 0.1) is 16.6 Å². The van der Waals surface area contributed by atoms with Gasteiger partial charge in [0, 0.05) is 5.69 Å². The van der Waals surface area contributed by atoms with Gasteiger partial charge in [0.1, 0.15) is 5.75 Å². The van der Waals surface area contributed by atoms with Gasteiger partial charge < -0.3 is 14.8 Å². The van der Waals surface area contributed by atoms with Crippen molar-refractivity contribution in [2.45, 2.75) is 33.1 Å². The minimum Gasteiger partial charge on any atom is -0.483 e. The minimum absolute atomic E-state index is 0.130. The molecule has 6 heteroatoms. The number of amides is 1. The van der Waals surface area contributed by atoms with Gasteiger partial charge in [0.2, 0.25) is 0 Å². The third-order valence-electron chi connectivity index (χ3n) is 3.88. The molecule has 0 bridgehead atoms. The van der Waals surface area contributed by atoms with E-state index in [1.165, 1.54) is 5.56 Å². The van der Waals surface area contributed by atoms with Crippen molar-refractivity contribution in [3.05, 3.63) is 58.1 Å². The Hall–Kier alpha value is -2.34. The van der Waals surface area contributed by atoms with Gasteiger partial charge in [-0.25, -0.2) is 4.79 Å². The van der Waals surface area contributed by atoms with Crippen LogP contribution in [0.4, 0.5) is 5.69 Å². The largest absolute Gasteiger partial charge is 0.483 e. The van der Waals surface area contributed by atoms with E-state index in [0.717, 1.165) is 23.7 Å². The van der Waals surface area contributed by atoms with Crippen LogP contribution in [0.5, 0.6) is 5.75 Å². The highest BCUT2D eigenvalue weighted by molar-refractivity contribution is 9.10. The lowest BCUT2D eigenvalue weighted by Crippen LogP contribution is -2.20. The number of anilines is 1. The molecule has 0 aliphatic carbocycles. The van der Waals surface area contributed by atoms with Gasteiger partial charge >= 0.3 is 5.97 Å². The molecule has 0 radical (unpaired) electrons. The topological polar surface area (TPSA) is 64.6 Å². The quantitative estimate of drug-likeness (QED) is 0.446. The number of aryl methyl sites for hydroxylation is 1. The van der Waals surface area contributed by atoms with Crippen LogP contribution in [0.15, 0.2) is 46.9 Å². The number of rotatable bonds is 9. The molecule has 0 spiro atoms. The van der Waals surface area contributed by atoms with E-state index in [1.807, 2.05) is 25.1 Å². The lowest BCUT2D eigenvalue weighted by Gasteiger charge is -2.10. The predicted molar refractivity (Wildman–Crippen MR) is 109 cm³/mol. The Morgan fingerprint density at radius 1 is 1.11 bits per heavy atom. The molecular formula is C21H24BrNO4. The molecule has 0 aliphatic heterocycles. The van der Waals surface area contributed by atoms with Crippen molar-refractivity contribution in [2.24, 2.45) is 0 Å². The second-order valence-electron chi connectivity index (χ2n) is 6.03. The van der Waals surface area contributed by atoms with Crippen molar-refractivity contribution in [3.63, 3.8) is 0 Å². The maximum Gasteiger partial charge on any atom is 0.338 e. The first-order chi connectivity index (χ1) is 13.0. The lowest BCUT2D eigenvalue weighted by atomic mass is 10.2. The molecule has 0 fully saturated rings. The SMILES string of the molecule is CCCCOC(=O)c1cccc(NC(=O)COc2ccc(CC)cc2Br)c1. The van der Waals surface area contributed by atoms with Crippen LogP contribution in [-0.4, -0.2) is 25.1 Å². The highest BCUT2D eigenvalue weighted by atomic mass is 79.9. The van der Waals surface area contributed by atoms with Gasteiger partial charge in [-0.05, 0) is 64.7 Å². The van der Waals surface area contributed by atoms with Crippen LogP contribution in [-0.2, 0) is 16.0 Å². The zero-order valence-electron chi connectivity index (χ0n) is 15.6. The van der Waals surface area contributed by atoms with Crippen LogP contribution >= 0.6 is 15.9 Å². The lowest BCUT2D eigenvalue weighted by molar-refractivity contribution is -0.118. The van der Waals surface area contributed by atoms with Gasteiger partial charge in [0.15, 0.2) is 6.61 Å². The minimum atomic E-state index is -0.393. The third kappa shape index (κ3) is 6.71. The Kier molecular flexibility index (Phi) is 8.33. The monoisotopic (exact) mass is 433 g/mol. The molecule has 0 heterocycles. The van der Waals surface area contributed by atoms with E-state index >= 15 is 0 Å². The molecule has 1 N–H and O–H groups in total. The van der Waals surface area contributed by atoms with Crippen molar-refractivity contribution in [1.82, 2.24) is 0 Å². The molecule has 0 saturated heterocycles. The Bertz CT molecular complexity index is 792. The van der Waals surface area contributed by atoms with Crippen LogP contribution in [0.1, 0.15) is 42.6 Å². The highest BCUT2D eigenvalue weighted by Crippen LogP contribution is 2.26. The van der Waals surface area contributed by atoms with Crippen molar-refractivity contribution >= 4 is 33.5 Å². The summed E-state index contributed by atoms with van der Waals surface area (Å²) in [6, 6.07) is 12.4. The van der Waals surface area contributed by atoms with Crippen molar-refractivity contribution in [3.8, 4) is 5.75 Å². The molecule has 0 saturated carbocycles. The molecule has 1 amide bonds. The van der Waals surface area contributed by atoms with Gasteiger partial charge in [-0.15, -0.1) is 0 Å². The van der Waals surface area contributed by atoms with Gasteiger partial charge in [-0.3, -0.25) is 4.79 Å². The maximum atomic E-state index is 12.1. The van der Waals surface area contributed by atoms with Crippen molar-refractivity contribution in [1.29, 1.82) is 0 Å². The van der Waals surface area contributed by atoms with E-state index in [-0.39, 0.29) is 12.5 Å². The number of unbranched alkanes of at least 4 members (excludes halogenated alkanes) is 1. The molecule has 0 atom stereocenters. The van der Waals surface area contributed by atoms with Gasteiger partial charge in [-0.2, -0.15) is 0 Å². The average molecular weight is 434 g/mol. The van der Waals surface area contributed by atoms with Crippen LogP contribution in [0.3, 0.4) is 0 Å². The number of hydrogen-bond donors (Lipinski definition) is 1. The number of carbonyl (C=O) groups is 2. The average Bonchev–Trinajstić information content (AvgIpc) is 2.67. The van der Waals surface area contributed by atoms with Crippen LogP contribution < -0.4 is 10.1 Å². The molecule has 2 rings (SSSR count). The van der Waals surface area contributed by atoms with Crippen LogP contribution in [0.25, 0.3) is 0 Å². The first kappa shape index (κ1) is 21.0. The third-order valence-corrected chi connectivity index (χ3v) is 4.50. The Morgan fingerprint density at radius 3 is 2.63 bits per heavy atom. The fraction of sp³-hybridized carbons (Fsp3) is 0.333. The molecule has 5 nitrogen and oxygen atoms in total. The Morgan fingerprint density at radius 2 is 1.93 bits per heavy atom. The molecule has 0 aliphatic rings. The number of esters is 1. The molecule has 27 heavy (non-hydrogen) atoms. The molecule has 2 aromatic rings. The van der Waals surface area contributed by atoms with Crippen LogP contribution in [0, 0.1) is 0 Å². The molecular weight excluding hydrogens is 410 g/mol. The van der Waals surface area contributed by atoms with E-state index in [4.69, 9.17) is 9.47 Å². The second kappa shape index (κ2) is 10.7. The van der Waals surface area contributed by atoms with E-state index in [9.17, 15) is 9.59 Å². The predicted octanol–water partition coefficient (Wildman–Crippen LogP) is 4.99. The first-order valence-corrected chi connectivity index (χ1v) is 9.81. The highest BCUT2D eigenvalue weighted by Gasteiger charge is 2.10. The molecule has 144 valence electrons. The van der Waals surface area contributed by atoms with Gasteiger partial charge in [-0.1, -0.05) is 32.4 Å². The zero-order valence-corrected chi connectivity index (χ0v) is 17.2. The summed E-state index contributed by atoms with van der Waals surface area (Å²) in [5, 5.41) is 2.73. The molecule has 2 aromatic carbocycles. The summed E-state index contributed by atoms with van der Waals surface area (Å²) in [5.41, 5.74) is 2.11.